The average molecular weight is 462 g/mol. The number of ether oxygens (including phenoxy) is 1. The predicted octanol–water partition coefficient (Wildman–Crippen LogP) is 4.56. The highest BCUT2D eigenvalue weighted by Crippen LogP contribution is 2.37. The number of carbonyl (C=O) groups is 2. The second kappa shape index (κ2) is 8.97. The fourth-order valence-corrected chi connectivity index (χ4v) is 3.69. The van der Waals surface area contributed by atoms with Gasteiger partial charge in [-0.15, -0.1) is 0 Å². The molecular weight excluding hydrogens is 445 g/mol. The van der Waals surface area contributed by atoms with E-state index in [0.29, 0.717) is 43.1 Å². The molecule has 2 heterocycles. The van der Waals surface area contributed by atoms with Crippen LogP contribution < -0.4 is 5.32 Å². The molecule has 2 aromatic carbocycles. The first-order chi connectivity index (χ1) is 14.9. The first-order valence-corrected chi connectivity index (χ1v) is 10.1. The van der Waals surface area contributed by atoms with Crippen LogP contribution in [0.15, 0.2) is 46.9 Å². The van der Waals surface area contributed by atoms with Crippen molar-refractivity contribution < 1.29 is 23.8 Å². The summed E-state index contributed by atoms with van der Waals surface area (Å²) in [5, 5.41) is 13.0. The van der Waals surface area contributed by atoms with Gasteiger partial charge in [-0.05, 0) is 36.4 Å². The van der Waals surface area contributed by atoms with E-state index in [1.165, 1.54) is 0 Å². The molecule has 10 heteroatoms. The van der Waals surface area contributed by atoms with E-state index in [9.17, 15) is 14.7 Å². The summed E-state index contributed by atoms with van der Waals surface area (Å²) in [6.07, 6.45) is 0. The van der Waals surface area contributed by atoms with Crippen molar-refractivity contribution in [2.24, 2.45) is 0 Å². The SMILES string of the molecule is O=C(O)c1nc(-c2c(Cl)cccc2Cl)oc1Nc1ccc(C(=O)N2CCOCC2)cc1. The highest BCUT2D eigenvalue weighted by atomic mass is 35.5. The number of rotatable bonds is 5. The fraction of sp³-hybridized carbons (Fsp3) is 0.190. The van der Waals surface area contributed by atoms with E-state index in [2.05, 4.69) is 10.3 Å². The number of aromatic nitrogens is 1. The molecule has 0 saturated carbocycles. The first-order valence-electron chi connectivity index (χ1n) is 9.36. The zero-order valence-electron chi connectivity index (χ0n) is 16.1. The molecule has 8 nitrogen and oxygen atoms in total. The number of nitrogens with one attached hydrogen (secondary N) is 1. The smallest absolute Gasteiger partial charge is 0.360 e. The van der Waals surface area contributed by atoms with Gasteiger partial charge >= 0.3 is 5.97 Å². The molecule has 1 fully saturated rings. The zero-order chi connectivity index (χ0) is 22.0. The van der Waals surface area contributed by atoms with Crippen LogP contribution in [-0.2, 0) is 4.74 Å². The third-order valence-electron chi connectivity index (χ3n) is 4.69. The van der Waals surface area contributed by atoms with Crippen LogP contribution >= 0.6 is 23.2 Å². The van der Waals surface area contributed by atoms with E-state index < -0.39 is 5.97 Å². The lowest BCUT2D eigenvalue weighted by Crippen LogP contribution is -2.40. The number of hydrogen-bond acceptors (Lipinski definition) is 6. The van der Waals surface area contributed by atoms with Crippen LogP contribution in [0, 0.1) is 0 Å². The number of hydrogen-bond donors (Lipinski definition) is 2. The Labute approximate surface area is 187 Å². The fourth-order valence-electron chi connectivity index (χ4n) is 3.14. The van der Waals surface area contributed by atoms with Crippen molar-refractivity contribution in [1.29, 1.82) is 0 Å². The number of nitrogens with zero attached hydrogens (tertiary/aromatic N) is 2. The lowest BCUT2D eigenvalue weighted by Gasteiger charge is -2.26. The highest BCUT2D eigenvalue weighted by Gasteiger charge is 2.24. The summed E-state index contributed by atoms with van der Waals surface area (Å²) in [6, 6.07) is 11.5. The largest absolute Gasteiger partial charge is 0.476 e. The van der Waals surface area contributed by atoms with Gasteiger partial charge in [0.25, 0.3) is 5.91 Å². The number of halogens is 2. The van der Waals surface area contributed by atoms with Crippen molar-refractivity contribution in [2.75, 3.05) is 31.6 Å². The molecule has 1 saturated heterocycles. The number of carboxylic acids is 1. The summed E-state index contributed by atoms with van der Waals surface area (Å²) >= 11 is 12.4. The number of aromatic carboxylic acids is 1. The maximum absolute atomic E-state index is 12.6. The third kappa shape index (κ3) is 4.51. The Morgan fingerprint density at radius 1 is 1.03 bits per heavy atom. The van der Waals surface area contributed by atoms with Crippen LogP contribution in [0.1, 0.15) is 20.8 Å². The quantitative estimate of drug-likeness (QED) is 0.573. The van der Waals surface area contributed by atoms with E-state index in [0.717, 1.165) is 0 Å². The molecule has 1 aliphatic rings. The second-order valence-corrected chi connectivity index (χ2v) is 7.52. The van der Waals surface area contributed by atoms with Crippen LogP contribution in [0.5, 0.6) is 0 Å². The number of oxazole rings is 1. The molecule has 160 valence electrons. The molecule has 4 rings (SSSR count). The Hall–Kier alpha value is -3.07. The van der Waals surface area contributed by atoms with E-state index in [-0.39, 0.29) is 33.4 Å². The van der Waals surface area contributed by atoms with Crippen LogP contribution in [0.3, 0.4) is 0 Å². The summed E-state index contributed by atoms with van der Waals surface area (Å²) in [4.78, 5) is 30.0. The molecule has 1 aliphatic heterocycles. The van der Waals surface area contributed by atoms with Crippen LogP contribution in [-0.4, -0.2) is 53.2 Å². The van der Waals surface area contributed by atoms with Crippen molar-refractivity contribution in [2.45, 2.75) is 0 Å². The summed E-state index contributed by atoms with van der Waals surface area (Å²) in [7, 11) is 0. The van der Waals surface area contributed by atoms with Crippen molar-refractivity contribution >= 4 is 46.6 Å². The molecule has 1 amide bonds. The summed E-state index contributed by atoms with van der Waals surface area (Å²) < 4.78 is 10.9. The molecule has 0 spiro atoms. The van der Waals surface area contributed by atoms with E-state index in [1.807, 2.05) is 0 Å². The Morgan fingerprint density at radius 2 is 1.68 bits per heavy atom. The van der Waals surface area contributed by atoms with E-state index in [4.69, 9.17) is 32.4 Å². The Balaban J connectivity index is 1.58. The standard InChI is InChI=1S/C21H17Cl2N3O5/c22-14-2-1-3-15(23)16(14)18-25-17(21(28)29)19(31-18)24-13-6-4-12(5-7-13)20(27)26-8-10-30-11-9-26/h1-7,24H,8-11H2,(H,28,29). The second-order valence-electron chi connectivity index (χ2n) is 6.71. The maximum atomic E-state index is 12.6. The monoisotopic (exact) mass is 461 g/mol. The van der Waals surface area contributed by atoms with Crippen LogP contribution in [0.4, 0.5) is 11.6 Å². The molecule has 2 N–H and O–H groups in total. The highest BCUT2D eigenvalue weighted by molar-refractivity contribution is 6.38. The minimum Gasteiger partial charge on any atom is -0.476 e. The molecule has 3 aromatic rings. The number of morpholine rings is 1. The number of benzene rings is 2. The lowest BCUT2D eigenvalue weighted by molar-refractivity contribution is 0.0303. The van der Waals surface area contributed by atoms with E-state index in [1.54, 1.807) is 47.4 Å². The van der Waals surface area contributed by atoms with Gasteiger partial charge in [-0.3, -0.25) is 4.79 Å². The number of amides is 1. The normalized spacial score (nSPS) is 13.8. The van der Waals surface area contributed by atoms with Gasteiger partial charge in [0.1, 0.15) is 0 Å². The summed E-state index contributed by atoms with van der Waals surface area (Å²) in [5.74, 6) is -1.46. The topological polar surface area (TPSA) is 105 Å². The van der Waals surface area contributed by atoms with Crippen molar-refractivity contribution in [3.8, 4) is 11.5 Å². The molecule has 0 bridgehead atoms. The Bertz CT molecular complexity index is 1100. The van der Waals surface area contributed by atoms with Gasteiger partial charge in [-0.1, -0.05) is 29.3 Å². The van der Waals surface area contributed by atoms with Gasteiger partial charge < -0.3 is 24.5 Å². The van der Waals surface area contributed by atoms with Gasteiger partial charge in [0.05, 0.1) is 28.8 Å². The molecule has 0 unspecified atom stereocenters. The zero-order valence-corrected chi connectivity index (χ0v) is 17.6. The van der Waals surface area contributed by atoms with Gasteiger partial charge in [0, 0.05) is 24.3 Å². The molecule has 1 aromatic heterocycles. The van der Waals surface area contributed by atoms with Crippen LogP contribution in [0.25, 0.3) is 11.5 Å². The van der Waals surface area contributed by atoms with Gasteiger partial charge in [-0.2, -0.15) is 4.98 Å². The number of anilines is 2. The number of carboxylic acid groups (broad SMARTS) is 1. The first kappa shape index (κ1) is 21.2. The maximum Gasteiger partial charge on any atom is 0.360 e. The third-order valence-corrected chi connectivity index (χ3v) is 5.32. The van der Waals surface area contributed by atoms with Crippen molar-refractivity contribution in [3.63, 3.8) is 0 Å². The summed E-state index contributed by atoms with van der Waals surface area (Å²) in [6.45, 7) is 2.14. The Kier molecular flexibility index (Phi) is 6.13. The molecule has 0 atom stereocenters. The molecule has 31 heavy (non-hydrogen) atoms. The minimum absolute atomic E-state index is 0.0189. The van der Waals surface area contributed by atoms with Gasteiger partial charge in [-0.25, -0.2) is 4.79 Å². The lowest BCUT2D eigenvalue weighted by atomic mass is 10.1. The molecule has 0 radical (unpaired) electrons. The number of carbonyl (C=O) groups excluding carboxylic acids is 1. The minimum atomic E-state index is -1.28. The van der Waals surface area contributed by atoms with Crippen molar-refractivity contribution in [3.05, 3.63) is 63.8 Å². The van der Waals surface area contributed by atoms with Crippen molar-refractivity contribution in [1.82, 2.24) is 9.88 Å². The van der Waals surface area contributed by atoms with E-state index >= 15 is 0 Å². The predicted molar refractivity (Wildman–Crippen MR) is 115 cm³/mol. The van der Waals surface area contributed by atoms with Gasteiger partial charge in [0.2, 0.25) is 17.5 Å². The van der Waals surface area contributed by atoms with Gasteiger partial charge in [0.15, 0.2) is 0 Å². The Morgan fingerprint density at radius 3 is 2.29 bits per heavy atom. The van der Waals surface area contributed by atoms with Crippen LogP contribution in [0.2, 0.25) is 10.0 Å². The molecular formula is C21H17Cl2N3O5. The summed E-state index contributed by atoms with van der Waals surface area (Å²) in [5.41, 5.74) is 1.02. The molecule has 0 aliphatic carbocycles. The average Bonchev–Trinajstić information content (AvgIpc) is 3.18.